The highest BCUT2D eigenvalue weighted by Crippen LogP contribution is 2.20. The minimum atomic E-state index is -3.89. The molecule has 31 heavy (non-hydrogen) atoms. The van der Waals surface area contributed by atoms with Gasteiger partial charge in [-0.05, 0) is 41.0 Å². The van der Waals surface area contributed by atoms with E-state index in [9.17, 15) is 13.2 Å². The first-order chi connectivity index (χ1) is 14.8. The number of sulfonamides is 1. The number of hydrogen-bond donors (Lipinski definition) is 2. The van der Waals surface area contributed by atoms with Crippen LogP contribution in [0.3, 0.4) is 0 Å². The third-order valence-corrected chi connectivity index (χ3v) is 6.51. The van der Waals surface area contributed by atoms with Gasteiger partial charge in [0.15, 0.2) is 11.5 Å². The number of nitrogens with zero attached hydrogens (tertiary/aromatic N) is 3. The Kier molecular flexibility index (Phi) is 5.71. The van der Waals surface area contributed by atoms with Gasteiger partial charge in [-0.1, -0.05) is 50.2 Å². The molecule has 0 aliphatic carbocycles. The molecule has 0 radical (unpaired) electrons. The van der Waals surface area contributed by atoms with Crippen molar-refractivity contribution in [3.63, 3.8) is 0 Å². The van der Waals surface area contributed by atoms with Crippen molar-refractivity contribution in [1.29, 1.82) is 0 Å². The van der Waals surface area contributed by atoms with Crippen LogP contribution in [0.4, 0.5) is 0 Å². The second kappa shape index (κ2) is 8.44. The summed E-state index contributed by atoms with van der Waals surface area (Å²) in [7, 11) is -3.89. The molecule has 8 nitrogen and oxygen atoms in total. The molecule has 0 saturated carbocycles. The molecular weight excluding hydrogens is 414 g/mol. The number of hydrogen-bond acceptors (Lipinski definition) is 5. The normalized spacial score (nSPS) is 13.0. The highest BCUT2D eigenvalue weighted by Gasteiger charge is 2.28. The highest BCUT2D eigenvalue weighted by molar-refractivity contribution is 7.89. The van der Waals surface area contributed by atoms with E-state index in [1.165, 1.54) is 0 Å². The molecule has 4 aromatic rings. The van der Waals surface area contributed by atoms with Gasteiger partial charge in [-0.15, -0.1) is 10.2 Å². The zero-order chi connectivity index (χ0) is 22.0. The van der Waals surface area contributed by atoms with Crippen LogP contribution in [0.1, 0.15) is 19.7 Å². The Bertz CT molecular complexity index is 1350. The van der Waals surface area contributed by atoms with E-state index in [0.717, 1.165) is 10.8 Å². The molecule has 0 bridgehead atoms. The first kappa shape index (κ1) is 21.0. The SMILES string of the molecule is CC(C)C(NS(=O)(=O)c1ccc2ccccc2c1)C(=O)NCc1nnc2ccccn12. The highest BCUT2D eigenvalue weighted by atomic mass is 32.2. The van der Waals surface area contributed by atoms with Gasteiger partial charge in [-0.25, -0.2) is 8.42 Å². The molecule has 2 aromatic heterocycles. The Morgan fingerprint density at radius 3 is 2.52 bits per heavy atom. The third-order valence-electron chi connectivity index (χ3n) is 5.07. The Morgan fingerprint density at radius 2 is 1.74 bits per heavy atom. The second-order valence-corrected chi connectivity index (χ2v) is 9.33. The van der Waals surface area contributed by atoms with Crippen LogP contribution in [0, 0.1) is 5.92 Å². The van der Waals surface area contributed by atoms with E-state index >= 15 is 0 Å². The molecule has 2 heterocycles. The summed E-state index contributed by atoms with van der Waals surface area (Å²) in [6.07, 6.45) is 1.80. The minimum Gasteiger partial charge on any atom is -0.347 e. The lowest BCUT2D eigenvalue weighted by atomic mass is 10.1. The van der Waals surface area contributed by atoms with Gasteiger partial charge in [0.05, 0.1) is 11.4 Å². The lowest BCUT2D eigenvalue weighted by Crippen LogP contribution is -2.49. The summed E-state index contributed by atoms with van der Waals surface area (Å²) in [4.78, 5) is 13.0. The van der Waals surface area contributed by atoms with E-state index in [2.05, 4.69) is 20.2 Å². The molecule has 2 aromatic carbocycles. The van der Waals surface area contributed by atoms with Crippen molar-refractivity contribution in [1.82, 2.24) is 24.6 Å². The number of pyridine rings is 1. The number of carbonyl (C=O) groups excluding carboxylic acids is 1. The molecule has 0 fully saturated rings. The average molecular weight is 438 g/mol. The zero-order valence-corrected chi connectivity index (χ0v) is 18.0. The van der Waals surface area contributed by atoms with E-state index in [1.54, 1.807) is 42.6 Å². The van der Waals surface area contributed by atoms with Gasteiger partial charge >= 0.3 is 0 Å². The molecular formula is C22H23N5O3S. The number of aromatic nitrogens is 3. The lowest BCUT2D eigenvalue weighted by Gasteiger charge is -2.21. The van der Waals surface area contributed by atoms with Crippen molar-refractivity contribution >= 4 is 32.4 Å². The predicted molar refractivity (Wildman–Crippen MR) is 118 cm³/mol. The Balaban J connectivity index is 1.51. The van der Waals surface area contributed by atoms with E-state index < -0.39 is 22.0 Å². The van der Waals surface area contributed by atoms with Gasteiger partial charge < -0.3 is 5.32 Å². The van der Waals surface area contributed by atoms with E-state index in [1.807, 2.05) is 42.5 Å². The molecule has 9 heteroatoms. The fourth-order valence-electron chi connectivity index (χ4n) is 3.35. The average Bonchev–Trinajstić information content (AvgIpc) is 3.18. The third kappa shape index (κ3) is 4.42. The maximum Gasteiger partial charge on any atom is 0.241 e. The quantitative estimate of drug-likeness (QED) is 0.462. The first-order valence-corrected chi connectivity index (χ1v) is 11.4. The monoisotopic (exact) mass is 437 g/mol. The van der Waals surface area contributed by atoms with Crippen molar-refractivity contribution in [3.05, 3.63) is 72.7 Å². The molecule has 1 unspecified atom stereocenters. The van der Waals surface area contributed by atoms with E-state index in [-0.39, 0.29) is 17.4 Å². The fraction of sp³-hybridized carbons (Fsp3) is 0.227. The second-order valence-electron chi connectivity index (χ2n) is 7.61. The van der Waals surface area contributed by atoms with Gasteiger partial charge in [0, 0.05) is 6.20 Å². The van der Waals surface area contributed by atoms with Crippen LogP contribution in [0.5, 0.6) is 0 Å². The smallest absolute Gasteiger partial charge is 0.241 e. The molecule has 160 valence electrons. The van der Waals surface area contributed by atoms with Crippen LogP contribution >= 0.6 is 0 Å². The van der Waals surface area contributed by atoms with Crippen LogP contribution in [0.25, 0.3) is 16.4 Å². The maximum atomic E-state index is 13.0. The Morgan fingerprint density at radius 1 is 1.00 bits per heavy atom. The van der Waals surface area contributed by atoms with Crippen molar-refractivity contribution in [2.75, 3.05) is 0 Å². The molecule has 0 saturated heterocycles. The zero-order valence-electron chi connectivity index (χ0n) is 17.2. The topological polar surface area (TPSA) is 105 Å². The van der Waals surface area contributed by atoms with Crippen LogP contribution in [0.2, 0.25) is 0 Å². The molecule has 0 aliphatic rings. The van der Waals surface area contributed by atoms with Crippen molar-refractivity contribution in [2.24, 2.45) is 5.92 Å². The van der Waals surface area contributed by atoms with Crippen LogP contribution in [0.15, 0.2) is 71.8 Å². The number of fused-ring (bicyclic) bond motifs is 2. The van der Waals surface area contributed by atoms with Gasteiger partial charge in [0.1, 0.15) is 6.04 Å². The molecule has 1 atom stereocenters. The van der Waals surface area contributed by atoms with Crippen LogP contribution in [-0.4, -0.2) is 35.0 Å². The largest absolute Gasteiger partial charge is 0.347 e. The Labute approximate surface area is 180 Å². The maximum absolute atomic E-state index is 13.0. The summed E-state index contributed by atoms with van der Waals surface area (Å²) in [5, 5.41) is 12.7. The minimum absolute atomic E-state index is 0.119. The number of rotatable bonds is 7. The molecule has 1 amide bonds. The summed E-state index contributed by atoms with van der Waals surface area (Å²) in [6, 6.07) is 17.0. The van der Waals surface area contributed by atoms with Gasteiger partial charge in [0.2, 0.25) is 15.9 Å². The lowest BCUT2D eigenvalue weighted by molar-refractivity contribution is -0.123. The first-order valence-electron chi connectivity index (χ1n) is 9.92. The van der Waals surface area contributed by atoms with Gasteiger partial charge in [0.25, 0.3) is 0 Å². The van der Waals surface area contributed by atoms with Crippen molar-refractivity contribution < 1.29 is 13.2 Å². The predicted octanol–water partition coefficient (Wildman–Crippen LogP) is 2.50. The number of amides is 1. The van der Waals surface area contributed by atoms with Crippen molar-refractivity contribution in [2.45, 2.75) is 31.3 Å². The molecule has 2 N–H and O–H groups in total. The standard InChI is InChI=1S/C22H23N5O3S/c1-15(2)21(22(28)23-14-20-25-24-19-9-5-6-12-27(19)20)26-31(29,30)18-11-10-16-7-3-4-8-17(16)13-18/h3-13,15,21,26H,14H2,1-2H3,(H,23,28). The Hall–Kier alpha value is -3.30. The summed E-state index contributed by atoms with van der Waals surface area (Å²) >= 11 is 0. The molecule has 0 aliphatic heterocycles. The summed E-state index contributed by atoms with van der Waals surface area (Å²) in [5.41, 5.74) is 0.671. The van der Waals surface area contributed by atoms with E-state index in [4.69, 9.17) is 0 Å². The van der Waals surface area contributed by atoms with Gasteiger partial charge in [-0.3, -0.25) is 9.20 Å². The summed E-state index contributed by atoms with van der Waals surface area (Å²) < 4.78 is 30.3. The number of carbonyl (C=O) groups is 1. The van der Waals surface area contributed by atoms with Crippen LogP contribution in [-0.2, 0) is 21.4 Å². The fourth-order valence-corrected chi connectivity index (χ4v) is 4.73. The summed E-state index contributed by atoms with van der Waals surface area (Å²) in [5.74, 6) is -0.124. The van der Waals surface area contributed by atoms with Gasteiger partial charge in [-0.2, -0.15) is 4.72 Å². The van der Waals surface area contributed by atoms with Crippen LogP contribution < -0.4 is 10.0 Å². The van der Waals surface area contributed by atoms with Crippen molar-refractivity contribution in [3.8, 4) is 0 Å². The number of nitrogens with one attached hydrogen (secondary N) is 2. The summed E-state index contributed by atoms with van der Waals surface area (Å²) in [6.45, 7) is 3.71. The van der Waals surface area contributed by atoms with E-state index in [0.29, 0.717) is 11.5 Å². The molecule has 4 rings (SSSR count). The molecule has 0 spiro atoms. The number of benzene rings is 2.